The number of halogens is 1. The van der Waals surface area contributed by atoms with Crippen molar-refractivity contribution >= 4 is 16.2 Å². The number of H-pyrrole nitrogens is 1. The van der Waals surface area contributed by atoms with Crippen molar-refractivity contribution in [1.29, 1.82) is 0 Å². The molecule has 27 heavy (non-hydrogen) atoms. The van der Waals surface area contributed by atoms with E-state index in [-0.39, 0.29) is 10.7 Å². The third-order valence-electron chi connectivity index (χ3n) is 3.62. The normalized spacial score (nSPS) is 11.6. The summed E-state index contributed by atoms with van der Waals surface area (Å²) in [6.45, 7) is 2.34. The summed E-state index contributed by atoms with van der Waals surface area (Å²) in [7, 11) is -3.81. The molecule has 0 saturated heterocycles. The minimum Gasteiger partial charge on any atom is -0.494 e. The van der Waals surface area contributed by atoms with Crippen molar-refractivity contribution in [1.82, 2.24) is 15.0 Å². The van der Waals surface area contributed by atoms with Crippen molar-refractivity contribution in [2.45, 2.75) is 11.8 Å². The van der Waals surface area contributed by atoms with Crippen LogP contribution in [0.15, 0.2) is 64.7 Å². The van der Waals surface area contributed by atoms with Gasteiger partial charge in [0, 0.05) is 11.1 Å². The molecule has 2 aromatic carbocycles. The van der Waals surface area contributed by atoms with E-state index >= 15 is 0 Å². The Morgan fingerprint density at radius 1 is 1.19 bits per heavy atom. The molecule has 0 fully saturated rings. The Balaban J connectivity index is 1.74. The SMILES string of the molecule is CCOc1ccc(S(=O)(=O)NN=Cc2cn[nH]c2-c2ccc(F)cc2)cc1. The van der Waals surface area contributed by atoms with Gasteiger partial charge in [0.1, 0.15) is 11.6 Å². The van der Waals surface area contributed by atoms with Crippen molar-refractivity contribution < 1.29 is 17.5 Å². The Morgan fingerprint density at radius 2 is 1.89 bits per heavy atom. The Morgan fingerprint density at radius 3 is 2.56 bits per heavy atom. The summed E-state index contributed by atoms with van der Waals surface area (Å²) in [4.78, 5) is 2.22. The van der Waals surface area contributed by atoms with Crippen molar-refractivity contribution in [2.75, 3.05) is 6.61 Å². The molecule has 0 aliphatic heterocycles. The first-order chi connectivity index (χ1) is 13.0. The predicted octanol–water partition coefficient (Wildman–Crippen LogP) is 2.93. The lowest BCUT2D eigenvalue weighted by Gasteiger charge is -2.05. The Labute approximate surface area is 155 Å². The molecule has 0 atom stereocenters. The van der Waals surface area contributed by atoms with Crippen LogP contribution in [0.5, 0.6) is 5.75 Å². The van der Waals surface area contributed by atoms with Gasteiger partial charge in [-0.05, 0) is 55.5 Å². The number of ether oxygens (including phenoxy) is 1. The molecule has 0 amide bonds. The Bertz CT molecular complexity index is 1030. The lowest BCUT2D eigenvalue weighted by atomic mass is 10.1. The van der Waals surface area contributed by atoms with E-state index in [0.29, 0.717) is 29.2 Å². The van der Waals surface area contributed by atoms with Gasteiger partial charge in [0.15, 0.2) is 0 Å². The van der Waals surface area contributed by atoms with Crippen LogP contribution in [0.3, 0.4) is 0 Å². The largest absolute Gasteiger partial charge is 0.494 e. The highest BCUT2D eigenvalue weighted by Crippen LogP contribution is 2.20. The van der Waals surface area contributed by atoms with Gasteiger partial charge in [0.05, 0.1) is 29.6 Å². The van der Waals surface area contributed by atoms with Crippen LogP contribution in [0.25, 0.3) is 11.3 Å². The number of nitrogens with one attached hydrogen (secondary N) is 2. The minimum absolute atomic E-state index is 0.0639. The first-order valence-electron chi connectivity index (χ1n) is 8.06. The zero-order valence-corrected chi connectivity index (χ0v) is 15.2. The molecular weight excluding hydrogens is 371 g/mol. The molecule has 0 saturated carbocycles. The van der Waals surface area contributed by atoms with Crippen LogP contribution in [-0.2, 0) is 10.0 Å². The van der Waals surface area contributed by atoms with E-state index in [1.807, 2.05) is 6.92 Å². The second kappa shape index (κ2) is 8.00. The summed E-state index contributed by atoms with van der Waals surface area (Å²) < 4.78 is 42.9. The van der Waals surface area contributed by atoms with Crippen LogP contribution < -0.4 is 9.57 Å². The summed E-state index contributed by atoms with van der Waals surface area (Å²) >= 11 is 0. The quantitative estimate of drug-likeness (QED) is 0.480. The van der Waals surface area contributed by atoms with Gasteiger partial charge in [-0.25, -0.2) is 9.22 Å². The molecule has 9 heteroatoms. The van der Waals surface area contributed by atoms with Gasteiger partial charge in [-0.2, -0.15) is 18.6 Å². The van der Waals surface area contributed by atoms with Crippen molar-refractivity contribution in [3.8, 4) is 17.0 Å². The minimum atomic E-state index is -3.81. The van der Waals surface area contributed by atoms with E-state index < -0.39 is 10.0 Å². The van der Waals surface area contributed by atoms with E-state index in [1.165, 1.54) is 36.7 Å². The van der Waals surface area contributed by atoms with Crippen LogP contribution in [0.1, 0.15) is 12.5 Å². The summed E-state index contributed by atoms with van der Waals surface area (Å²) in [5.41, 5.74) is 1.85. The first-order valence-corrected chi connectivity index (χ1v) is 9.55. The van der Waals surface area contributed by atoms with Gasteiger partial charge in [-0.3, -0.25) is 5.10 Å². The number of benzene rings is 2. The summed E-state index contributed by atoms with van der Waals surface area (Å²) in [6, 6.07) is 11.8. The molecule has 0 bridgehead atoms. The third kappa shape index (κ3) is 4.50. The van der Waals surface area contributed by atoms with Gasteiger partial charge in [0.25, 0.3) is 10.0 Å². The second-order valence-corrected chi connectivity index (χ2v) is 7.13. The van der Waals surface area contributed by atoms with Crippen LogP contribution in [0.4, 0.5) is 4.39 Å². The molecular formula is C18H17FN4O3S. The van der Waals surface area contributed by atoms with E-state index in [2.05, 4.69) is 20.1 Å². The number of aromatic nitrogens is 2. The van der Waals surface area contributed by atoms with Gasteiger partial charge in [-0.15, -0.1) is 0 Å². The number of hydrazone groups is 1. The number of rotatable bonds is 7. The summed E-state index contributed by atoms with van der Waals surface area (Å²) in [5.74, 6) is 0.235. The second-order valence-electron chi connectivity index (χ2n) is 5.46. The molecule has 3 aromatic rings. The molecule has 0 unspecified atom stereocenters. The lowest BCUT2D eigenvalue weighted by molar-refractivity contribution is 0.340. The van der Waals surface area contributed by atoms with Crippen LogP contribution in [-0.4, -0.2) is 31.4 Å². The van der Waals surface area contributed by atoms with Gasteiger partial charge < -0.3 is 4.74 Å². The monoisotopic (exact) mass is 388 g/mol. The molecule has 0 spiro atoms. The van der Waals surface area contributed by atoms with Crippen LogP contribution in [0.2, 0.25) is 0 Å². The van der Waals surface area contributed by atoms with Gasteiger partial charge >= 0.3 is 0 Å². The topological polar surface area (TPSA) is 96.4 Å². The number of hydrogen-bond acceptors (Lipinski definition) is 5. The maximum absolute atomic E-state index is 13.1. The van der Waals surface area contributed by atoms with E-state index in [4.69, 9.17) is 4.74 Å². The third-order valence-corrected chi connectivity index (χ3v) is 4.86. The van der Waals surface area contributed by atoms with Crippen molar-refractivity contribution in [2.24, 2.45) is 5.10 Å². The number of sulfonamides is 1. The first kappa shape index (κ1) is 18.6. The number of aromatic amines is 1. The molecule has 7 nitrogen and oxygen atoms in total. The molecule has 0 aliphatic rings. The van der Waals surface area contributed by atoms with Gasteiger partial charge in [-0.1, -0.05) is 0 Å². The fourth-order valence-corrected chi connectivity index (χ4v) is 3.13. The molecule has 1 heterocycles. The molecule has 140 valence electrons. The average Bonchev–Trinajstić information content (AvgIpc) is 3.11. The molecule has 0 aliphatic carbocycles. The lowest BCUT2D eigenvalue weighted by Crippen LogP contribution is -2.18. The summed E-state index contributed by atoms with van der Waals surface area (Å²) in [5, 5.41) is 10.5. The van der Waals surface area contributed by atoms with E-state index in [1.54, 1.807) is 24.3 Å². The Hall–Kier alpha value is -3.20. The predicted molar refractivity (Wildman–Crippen MR) is 99.5 cm³/mol. The molecule has 0 radical (unpaired) electrons. The van der Waals surface area contributed by atoms with Crippen LogP contribution >= 0.6 is 0 Å². The van der Waals surface area contributed by atoms with Crippen LogP contribution in [0, 0.1) is 5.82 Å². The van der Waals surface area contributed by atoms with Crippen molar-refractivity contribution in [3.63, 3.8) is 0 Å². The highest BCUT2D eigenvalue weighted by molar-refractivity contribution is 7.89. The fourth-order valence-electron chi connectivity index (χ4n) is 2.34. The maximum Gasteiger partial charge on any atom is 0.276 e. The standard InChI is InChI=1S/C18H17FN4O3S/c1-2-26-16-7-9-17(10-8-16)27(24,25)23-21-12-14-11-20-22-18(14)13-3-5-15(19)6-4-13/h3-12,23H,2H2,1H3,(H,20,22). The molecule has 3 rings (SSSR count). The van der Waals surface area contributed by atoms with E-state index in [0.717, 1.165) is 0 Å². The summed E-state index contributed by atoms with van der Waals surface area (Å²) in [6.07, 6.45) is 2.82. The average molecular weight is 388 g/mol. The molecule has 1 aromatic heterocycles. The zero-order valence-electron chi connectivity index (χ0n) is 14.4. The molecule has 2 N–H and O–H groups in total. The maximum atomic E-state index is 13.1. The van der Waals surface area contributed by atoms with Crippen molar-refractivity contribution in [3.05, 3.63) is 66.1 Å². The zero-order chi connectivity index (χ0) is 19.3. The smallest absolute Gasteiger partial charge is 0.276 e. The highest BCUT2D eigenvalue weighted by Gasteiger charge is 2.13. The number of hydrogen-bond donors (Lipinski definition) is 2. The van der Waals surface area contributed by atoms with E-state index in [9.17, 15) is 12.8 Å². The number of nitrogens with zero attached hydrogens (tertiary/aromatic N) is 2. The van der Waals surface area contributed by atoms with Gasteiger partial charge in [0.2, 0.25) is 0 Å². The highest BCUT2D eigenvalue weighted by atomic mass is 32.2. The fraction of sp³-hybridized carbons (Fsp3) is 0.111. The Kier molecular flexibility index (Phi) is 5.51.